The van der Waals surface area contributed by atoms with Gasteiger partial charge in [0.1, 0.15) is 5.75 Å². The van der Waals surface area contributed by atoms with Crippen molar-refractivity contribution in [2.75, 3.05) is 33.9 Å². The fourth-order valence-corrected chi connectivity index (χ4v) is 3.93. The summed E-state index contributed by atoms with van der Waals surface area (Å²) < 4.78 is 17.0. The van der Waals surface area contributed by atoms with E-state index in [-0.39, 0.29) is 6.10 Å². The number of ether oxygens (including phenoxy) is 3. The molecule has 1 N–H and O–H groups in total. The molecule has 1 unspecified atom stereocenters. The van der Waals surface area contributed by atoms with Crippen molar-refractivity contribution in [3.05, 3.63) is 53.6 Å². The fourth-order valence-electron chi connectivity index (χ4n) is 3.93. The van der Waals surface area contributed by atoms with E-state index in [9.17, 15) is 0 Å². The van der Waals surface area contributed by atoms with Crippen LogP contribution in [0.15, 0.2) is 42.5 Å². The van der Waals surface area contributed by atoms with Gasteiger partial charge in [0.2, 0.25) is 0 Å². The zero-order chi connectivity index (χ0) is 20.6. The Hall–Kier alpha value is -2.24. The number of methoxy groups -OCH3 is 2. The van der Waals surface area contributed by atoms with Crippen molar-refractivity contribution in [1.82, 2.24) is 10.2 Å². The largest absolute Gasteiger partial charge is 0.497 e. The molecule has 0 saturated carbocycles. The quantitative estimate of drug-likeness (QED) is 0.642. The Bertz CT molecular complexity index is 772. The van der Waals surface area contributed by atoms with Crippen LogP contribution in [0.5, 0.6) is 17.2 Å². The van der Waals surface area contributed by atoms with E-state index >= 15 is 0 Å². The maximum absolute atomic E-state index is 6.05. The molecule has 1 aliphatic heterocycles. The van der Waals surface area contributed by atoms with E-state index in [4.69, 9.17) is 14.2 Å². The number of hydrogen-bond acceptors (Lipinski definition) is 5. The Labute approximate surface area is 175 Å². The van der Waals surface area contributed by atoms with Crippen LogP contribution in [0.25, 0.3) is 0 Å². The molecule has 0 bridgehead atoms. The van der Waals surface area contributed by atoms with Crippen molar-refractivity contribution >= 4 is 0 Å². The summed E-state index contributed by atoms with van der Waals surface area (Å²) in [4.78, 5) is 2.57. The van der Waals surface area contributed by atoms with Crippen LogP contribution >= 0.6 is 0 Å². The van der Waals surface area contributed by atoms with Gasteiger partial charge in [0.25, 0.3) is 0 Å². The van der Waals surface area contributed by atoms with Gasteiger partial charge in [0.15, 0.2) is 11.5 Å². The predicted octanol–water partition coefficient (Wildman–Crippen LogP) is 4.42. The second-order valence-electron chi connectivity index (χ2n) is 7.78. The Balaban J connectivity index is 1.73. The third-order valence-corrected chi connectivity index (χ3v) is 5.35. The third kappa shape index (κ3) is 5.64. The molecule has 29 heavy (non-hydrogen) atoms. The summed E-state index contributed by atoms with van der Waals surface area (Å²) in [6.07, 6.45) is 2.63. The van der Waals surface area contributed by atoms with E-state index < -0.39 is 0 Å². The molecule has 0 aliphatic carbocycles. The minimum atomic E-state index is 0.0965. The molecule has 158 valence electrons. The first-order valence-corrected chi connectivity index (χ1v) is 10.5. The molecule has 1 heterocycles. The maximum atomic E-state index is 6.05. The van der Waals surface area contributed by atoms with Crippen LogP contribution in [0.1, 0.15) is 43.9 Å². The van der Waals surface area contributed by atoms with Gasteiger partial charge in [-0.2, -0.15) is 0 Å². The summed E-state index contributed by atoms with van der Waals surface area (Å²) in [6.45, 7) is 7.96. The van der Waals surface area contributed by atoms with Gasteiger partial charge in [-0.25, -0.2) is 0 Å². The number of benzene rings is 2. The highest BCUT2D eigenvalue weighted by Crippen LogP contribution is 2.32. The normalized spacial score (nSPS) is 15.5. The molecule has 0 spiro atoms. The Kier molecular flexibility index (Phi) is 7.78. The second kappa shape index (κ2) is 10.5. The summed E-state index contributed by atoms with van der Waals surface area (Å²) in [7, 11) is 3.41. The topological polar surface area (TPSA) is 43.0 Å². The first-order valence-electron chi connectivity index (χ1n) is 10.5. The van der Waals surface area contributed by atoms with E-state index in [2.05, 4.69) is 34.5 Å². The molecule has 2 aromatic rings. The molecule has 0 aromatic heterocycles. The highest BCUT2D eigenvalue weighted by molar-refractivity contribution is 5.46. The Morgan fingerprint density at radius 1 is 1.00 bits per heavy atom. The molecule has 1 aliphatic rings. The first-order chi connectivity index (χ1) is 14.1. The number of hydrogen-bond donors (Lipinski definition) is 1. The predicted molar refractivity (Wildman–Crippen MR) is 117 cm³/mol. The van der Waals surface area contributed by atoms with Gasteiger partial charge in [-0.05, 0) is 63.5 Å². The number of para-hydroxylation sites is 1. The van der Waals surface area contributed by atoms with Gasteiger partial charge in [0.05, 0.1) is 20.3 Å². The highest BCUT2D eigenvalue weighted by atomic mass is 16.5. The molecule has 3 rings (SSSR count). The van der Waals surface area contributed by atoms with Crippen LogP contribution in [0.2, 0.25) is 0 Å². The van der Waals surface area contributed by atoms with Crippen LogP contribution in [-0.4, -0.2) is 44.9 Å². The molecular weight excluding hydrogens is 364 g/mol. The minimum Gasteiger partial charge on any atom is -0.497 e. The summed E-state index contributed by atoms with van der Waals surface area (Å²) in [5, 5.41) is 3.66. The Morgan fingerprint density at radius 2 is 1.76 bits per heavy atom. The van der Waals surface area contributed by atoms with E-state index in [1.54, 1.807) is 14.2 Å². The van der Waals surface area contributed by atoms with Crippen LogP contribution < -0.4 is 19.5 Å². The van der Waals surface area contributed by atoms with Gasteiger partial charge >= 0.3 is 0 Å². The van der Waals surface area contributed by atoms with Gasteiger partial charge in [-0.1, -0.05) is 24.3 Å². The van der Waals surface area contributed by atoms with Crippen molar-refractivity contribution in [2.45, 2.75) is 45.4 Å². The van der Waals surface area contributed by atoms with E-state index in [1.165, 1.54) is 18.4 Å². The maximum Gasteiger partial charge on any atom is 0.166 e. The SMILES string of the molecule is COc1cccc(C(CNCc2cccc(OC)c2OC(C)C)N2CCCC2)c1. The van der Waals surface area contributed by atoms with Gasteiger partial charge in [-0.3, -0.25) is 4.90 Å². The van der Waals surface area contributed by atoms with Gasteiger partial charge in [0, 0.05) is 24.7 Å². The number of rotatable bonds is 10. The Morgan fingerprint density at radius 3 is 2.45 bits per heavy atom. The van der Waals surface area contributed by atoms with Crippen molar-refractivity contribution in [1.29, 1.82) is 0 Å². The average molecular weight is 399 g/mol. The lowest BCUT2D eigenvalue weighted by Gasteiger charge is -2.29. The number of likely N-dealkylation sites (tertiary alicyclic amines) is 1. The van der Waals surface area contributed by atoms with Crippen LogP contribution in [0.4, 0.5) is 0 Å². The number of nitrogens with zero attached hydrogens (tertiary/aromatic N) is 1. The van der Waals surface area contributed by atoms with E-state index in [0.29, 0.717) is 6.04 Å². The zero-order valence-electron chi connectivity index (χ0n) is 18.1. The third-order valence-electron chi connectivity index (χ3n) is 5.35. The van der Waals surface area contributed by atoms with Crippen molar-refractivity contribution < 1.29 is 14.2 Å². The second-order valence-corrected chi connectivity index (χ2v) is 7.78. The monoisotopic (exact) mass is 398 g/mol. The van der Waals surface area contributed by atoms with Crippen LogP contribution in [0.3, 0.4) is 0 Å². The van der Waals surface area contributed by atoms with Crippen molar-refractivity contribution in [3.8, 4) is 17.2 Å². The fraction of sp³-hybridized carbons (Fsp3) is 0.500. The molecule has 0 amide bonds. The minimum absolute atomic E-state index is 0.0965. The van der Waals surface area contributed by atoms with Gasteiger partial charge in [-0.15, -0.1) is 0 Å². The van der Waals surface area contributed by atoms with Crippen molar-refractivity contribution in [2.24, 2.45) is 0 Å². The molecule has 2 aromatic carbocycles. The standard InChI is InChI=1S/C24H34N2O3/c1-18(2)29-24-20(10-8-12-23(24)28-4)16-25-17-22(26-13-5-6-14-26)19-9-7-11-21(15-19)27-3/h7-12,15,18,22,25H,5-6,13-14,16-17H2,1-4H3. The summed E-state index contributed by atoms with van der Waals surface area (Å²) in [5.41, 5.74) is 2.41. The molecule has 5 heteroatoms. The lowest BCUT2D eigenvalue weighted by atomic mass is 10.0. The molecular formula is C24H34N2O3. The van der Waals surface area contributed by atoms with Gasteiger partial charge < -0.3 is 19.5 Å². The zero-order valence-corrected chi connectivity index (χ0v) is 18.1. The molecule has 1 saturated heterocycles. The average Bonchev–Trinajstić information content (AvgIpc) is 3.26. The summed E-state index contributed by atoms with van der Waals surface area (Å²) >= 11 is 0. The highest BCUT2D eigenvalue weighted by Gasteiger charge is 2.24. The number of nitrogens with one attached hydrogen (secondary N) is 1. The smallest absolute Gasteiger partial charge is 0.166 e. The molecule has 0 radical (unpaired) electrons. The molecule has 1 fully saturated rings. The molecule has 1 atom stereocenters. The van der Waals surface area contributed by atoms with Crippen LogP contribution in [-0.2, 0) is 6.54 Å². The lowest BCUT2D eigenvalue weighted by molar-refractivity contribution is 0.224. The summed E-state index contributed by atoms with van der Waals surface area (Å²) in [5.74, 6) is 2.52. The van der Waals surface area contributed by atoms with E-state index in [1.807, 2.05) is 32.0 Å². The lowest BCUT2D eigenvalue weighted by Crippen LogP contribution is -2.34. The molecule has 5 nitrogen and oxygen atoms in total. The first kappa shape index (κ1) is 21.5. The summed E-state index contributed by atoms with van der Waals surface area (Å²) in [6, 6.07) is 14.8. The van der Waals surface area contributed by atoms with Crippen LogP contribution in [0, 0.1) is 0 Å². The van der Waals surface area contributed by atoms with E-state index in [0.717, 1.165) is 49.0 Å². The van der Waals surface area contributed by atoms with Crippen molar-refractivity contribution in [3.63, 3.8) is 0 Å².